The zero-order valence-corrected chi connectivity index (χ0v) is 10.8. The van der Waals surface area contributed by atoms with E-state index in [0.717, 1.165) is 18.8 Å². The molecule has 1 heterocycles. The maximum atomic E-state index is 10.7. The number of carbonyl (C=O) groups is 1. The smallest absolute Gasteiger partial charge is 0.346 e. The first-order valence-electron chi connectivity index (χ1n) is 6.17. The molecular formula is C13H18O3S. The van der Waals surface area contributed by atoms with Crippen LogP contribution < -0.4 is 4.74 Å². The van der Waals surface area contributed by atoms with E-state index in [0.29, 0.717) is 10.6 Å². The van der Waals surface area contributed by atoms with E-state index in [1.807, 2.05) is 0 Å². The molecule has 0 amide bonds. The van der Waals surface area contributed by atoms with E-state index < -0.39 is 5.97 Å². The van der Waals surface area contributed by atoms with Gasteiger partial charge in [-0.3, -0.25) is 0 Å². The Balaban J connectivity index is 1.86. The summed E-state index contributed by atoms with van der Waals surface area (Å²) < 4.78 is 5.83. The van der Waals surface area contributed by atoms with E-state index in [2.05, 4.69) is 6.92 Å². The van der Waals surface area contributed by atoms with Crippen LogP contribution in [0.1, 0.15) is 48.7 Å². The van der Waals surface area contributed by atoms with Gasteiger partial charge in [0.15, 0.2) is 0 Å². The van der Waals surface area contributed by atoms with Gasteiger partial charge in [0.1, 0.15) is 10.6 Å². The van der Waals surface area contributed by atoms with Crippen molar-refractivity contribution in [2.75, 3.05) is 0 Å². The molecule has 0 unspecified atom stereocenters. The second-order valence-electron chi connectivity index (χ2n) is 4.62. The number of ether oxygens (including phenoxy) is 1. The van der Waals surface area contributed by atoms with E-state index in [1.54, 1.807) is 11.4 Å². The van der Waals surface area contributed by atoms with E-state index in [9.17, 15) is 4.79 Å². The molecule has 17 heavy (non-hydrogen) atoms. The third-order valence-electron chi connectivity index (χ3n) is 3.46. The van der Waals surface area contributed by atoms with Crippen molar-refractivity contribution in [3.63, 3.8) is 0 Å². The SMILES string of the molecule is CCC1CCC(Oc2csc(C(=O)O)c2)CC1. The molecule has 2 rings (SSSR count). The first kappa shape index (κ1) is 12.4. The Morgan fingerprint density at radius 2 is 2.18 bits per heavy atom. The van der Waals surface area contributed by atoms with Crippen molar-refractivity contribution >= 4 is 17.3 Å². The van der Waals surface area contributed by atoms with Crippen LogP contribution in [0.3, 0.4) is 0 Å². The fourth-order valence-electron chi connectivity index (χ4n) is 2.34. The Morgan fingerprint density at radius 1 is 1.47 bits per heavy atom. The van der Waals surface area contributed by atoms with Crippen molar-refractivity contribution in [3.05, 3.63) is 16.3 Å². The highest BCUT2D eigenvalue weighted by Crippen LogP contribution is 2.30. The van der Waals surface area contributed by atoms with Crippen molar-refractivity contribution in [1.82, 2.24) is 0 Å². The highest BCUT2D eigenvalue weighted by Gasteiger charge is 2.21. The van der Waals surface area contributed by atoms with E-state index in [1.165, 1.54) is 30.6 Å². The molecule has 1 aromatic rings. The summed E-state index contributed by atoms with van der Waals surface area (Å²) in [5.74, 6) is 0.693. The fourth-order valence-corrected chi connectivity index (χ4v) is 2.99. The standard InChI is InChI=1S/C13H18O3S/c1-2-9-3-5-10(6-4-9)16-11-7-12(13(14)15)17-8-11/h7-10H,2-6H2,1H3,(H,14,15). The largest absolute Gasteiger partial charge is 0.490 e. The lowest BCUT2D eigenvalue weighted by Crippen LogP contribution is -2.23. The molecule has 0 spiro atoms. The van der Waals surface area contributed by atoms with Gasteiger partial charge in [0.25, 0.3) is 0 Å². The molecule has 0 radical (unpaired) electrons. The van der Waals surface area contributed by atoms with E-state index in [-0.39, 0.29) is 6.10 Å². The minimum absolute atomic E-state index is 0.272. The molecule has 1 N–H and O–H groups in total. The van der Waals surface area contributed by atoms with Gasteiger partial charge in [-0.1, -0.05) is 13.3 Å². The normalized spacial score (nSPS) is 24.5. The van der Waals surface area contributed by atoms with Gasteiger partial charge in [-0.25, -0.2) is 4.79 Å². The lowest BCUT2D eigenvalue weighted by Gasteiger charge is -2.27. The second kappa shape index (κ2) is 5.54. The van der Waals surface area contributed by atoms with Gasteiger partial charge in [-0.05, 0) is 31.6 Å². The fraction of sp³-hybridized carbons (Fsp3) is 0.615. The average Bonchev–Trinajstić information content (AvgIpc) is 2.79. The molecular weight excluding hydrogens is 236 g/mol. The minimum Gasteiger partial charge on any atom is -0.490 e. The number of carboxylic acids is 1. The van der Waals surface area contributed by atoms with Gasteiger partial charge < -0.3 is 9.84 Å². The zero-order valence-electron chi connectivity index (χ0n) is 10.0. The monoisotopic (exact) mass is 254 g/mol. The molecule has 0 aromatic carbocycles. The summed E-state index contributed by atoms with van der Waals surface area (Å²) in [6.45, 7) is 2.24. The van der Waals surface area contributed by atoms with Crippen LogP contribution in [0.5, 0.6) is 5.75 Å². The van der Waals surface area contributed by atoms with Crippen molar-refractivity contribution < 1.29 is 14.6 Å². The summed E-state index contributed by atoms with van der Waals surface area (Å²) in [5.41, 5.74) is 0. The van der Waals surface area contributed by atoms with Crippen LogP contribution in [0.25, 0.3) is 0 Å². The number of hydrogen-bond acceptors (Lipinski definition) is 3. The quantitative estimate of drug-likeness (QED) is 0.889. The van der Waals surface area contributed by atoms with Crippen LogP contribution >= 0.6 is 11.3 Å². The van der Waals surface area contributed by atoms with Crippen LogP contribution in [-0.2, 0) is 0 Å². The van der Waals surface area contributed by atoms with Crippen LogP contribution in [0.4, 0.5) is 0 Å². The first-order chi connectivity index (χ1) is 8.19. The highest BCUT2D eigenvalue weighted by molar-refractivity contribution is 7.12. The third kappa shape index (κ3) is 3.22. The molecule has 0 saturated heterocycles. The predicted octanol–water partition coefficient (Wildman–Crippen LogP) is 3.79. The Morgan fingerprint density at radius 3 is 2.71 bits per heavy atom. The van der Waals surface area contributed by atoms with Crippen molar-refractivity contribution in [1.29, 1.82) is 0 Å². The third-order valence-corrected chi connectivity index (χ3v) is 4.36. The maximum Gasteiger partial charge on any atom is 0.346 e. The Hall–Kier alpha value is -1.03. The number of hydrogen-bond donors (Lipinski definition) is 1. The molecule has 1 aliphatic rings. The van der Waals surface area contributed by atoms with Crippen molar-refractivity contribution in [3.8, 4) is 5.75 Å². The van der Waals surface area contributed by atoms with E-state index in [4.69, 9.17) is 9.84 Å². The summed E-state index contributed by atoms with van der Waals surface area (Å²) >= 11 is 1.23. The molecule has 0 bridgehead atoms. The molecule has 1 saturated carbocycles. The summed E-state index contributed by atoms with van der Waals surface area (Å²) in [7, 11) is 0. The van der Waals surface area contributed by atoms with Gasteiger partial charge in [0.05, 0.1) is 6.10 Å². The molecule has 1 fully saturated rings. The topological polar surface area (TPSA) is 46.5 Å². The summed E-state index contributed by atoms with van der Waals surface area (Å²) in [6, 6.07) is 1.62. The lowest BCUT2D eigenvalue weighted by molar-refractivity contribution is 0.0701. The van der Waals surface area contributed by atoms with Gasteiger partial charge in [-0.2, -0.15) is 0 Å². The number of carboxylic acid groups (broad SMARTS) is 1. The first-order valence-corrected chi connectivity index (χ1v) is 7.05. The molecule has 0 aliphatic heterocycles. The molecule has 3 nitrogen and oxygen atoms in total. The molecule has 1 aliphatic carbocycles. The molecule has 94 valence electrons. The summed E-state index contributed by atoms with van der Waals surface area (Å²) in [4.78, 5) is 11.1. The number of aromatic carboxylic acids is 1. The van der Waals surface area contributed by atoms with Crippen molar-refractivity contribution in [2.45, 2.75) is 45.1 Å². The second-order valence-corrected chi connectivity index (χ2v) is 5.53. The molecule has 0 atom stereocenters. The average molecular weight is 254 g/mol. The predicted molar refractivity (Wildman–Crippen MR) is 67.9 cm³/mol. The molecule has 1 aromatic heterocycles. The van der Waals surface area contributed by atoms with E-state index >= 15 is 0 Å². The lowest BCUT2D eigenvalue weighted by atomic mass is 9.86. The van der Waals surface area contributed by atoms with Gasteiger partial charge in [0.2, 0.25) is 0 Å². The summed E-state index contributed by atoms with van der Waals surface area (Å²) in [6.07, 6.45) is 6.18. The maximum absolute atomic E-state index is 10.7. The summed E-state index contributed by atoms with van der Waals surface area (Å²) in [5, 5.41) is 10.6. The highest BCUT2D eigenvalue weighted by atomic mass is 32.1. The Bertz CT molecular complexity index is 378. The van der Waals surface area contributed by atoms with Gasteiger partial charge >= 0.3 is 5.97 Å². The van der Waals surface area contributed by atoms with Gasteiger partial charge in [-0.15, -0.1) is 11.3 Å². The van der Waals surface area contributed by atoms with Crippen LogP contribution in [-0.4, -0.2) is 17.2 Å². The number of rotatable bonds is 4. The van der Waals surface area contributed by atoms with Gasteiger partial charge in [0, 0.05) is 11.4 Å². The van der Waals surface area contributed by atoms with Crippen LogP contribution in [0, 0.1) is 5.92 Å². The Labute approximate surface area is 105 Å². The zero-order chi connectivity index (χ0) is 12.3. The van der Waals surface area contributed by atoms with Crippen molar-refractivity contribution in [2.24, 2.45) is 5.92 Å². The minimum atomic E-state index is -0.875. The van der Waals surface area contributed by atoms with Crippen LogP contribution in [0.15, 0.2) is 11.4 Å². The Kier molecular flexibility index (Phi) is 4.05. The van der Waals surface area contributed by atoms with Crippen LogP contribution in [0.2, 0.25) is 0 Å². The number of thiophene rings is 1. The molecule has 4 heteroatoms.